The minimum Gasteiger partial charge on any atom is -0.445 e. The van der Waals surface area contributed by atoms with Crippen molar-refractivity contribution >= 4 is 34.0 Å². The molecule has 1 amide bonds. The Bertz CT molecular complexity index is 1450. The monoisotopic (exact) mass is 553 g/mol. The van der Waals surface area contributed by atoms with Crippen LogP contribution in [-0.2, 0) is 38.5 Å². The summed E-state index contributed by atoms with van der Waals surface area (Å²) in [4.78, 5) is 37.9. The third-order valence-electron chi connectivity index (χ3n) is 7.05. The van der Waals surface area contributed by atoms with Crippen LogP contribution < -0.4 is 10.9 Å². The summed E-state index contributed by atoms with van der Waals surface area (Å²) in [6.45, 7) is 3.83. The summed E-state index contributed by atoms with van der Waals surface area (Å²) >= 11 is 0. The van der Waals surface area contributed by atoms with Crippen LogP contribution in [0.25, 0.3) is 10.8 Å². The lowest BCUT2D eigenvalue weighted by Gasteiger charge is -2.27. The fourth-order valence-corrected chi connectivity index (χ4v) is 6.72. The summed E-state index contributed by atoms with van der Waals surface area (Å²) in [6, 6.07) is 16.1. The summed E-state index contributed by atoms with van der Waals surface area (Å²) in [5, 5.41) is 3.92. The van der Waals surface area contributed by atoms with Crippen molar-refractivity contribution in [2.75, 3.05) is 6.54 Å². The van der Waals surface area contributed by atoms with Crippen LogP contribution in [-0.4, -0.2) is 49.6 Å². The van der Waals surface area contributed by atoms with E-state index < -0.39 is 28.8 Å². The van der Waals surface area contributed by atoms with Crippen molar-refractivity contribution in [3.63, 3.8) is 0 Å². The van der Waals surface area contributed by atoms with Gasteiger partial charge >= 0.3 is 12.2 Å². The molecular weight excluding hydrogens is 522 g/mol. The number of benzene rings is 2. The Kier molecular flexibility index (Phi) is 7.72. The Morgan fingerprint density at radius 3 is 2.54 bits per heavy atom. The Morgan fingerprint density at radius 1 is 1.05 bits per heavy atom. The number of ether oxygens (including phenoxy) is 3. The number of hydrogen-bond donors (Lipinski definition) is 1. The van der Waals surface area contributed by atoms with Crippen molar-refractivity contribution in [1.29, 1.82) is 0 Å². The molecule has 2 fully saturated rings. The van der Waals surface area contributed by atoms with Gasteiger partial charge in [0.05, 0.1) is 22.6 Å². The van der Waals surface area contributed by atoms with Crippen molar-refractivity contribution in [3.05, 3.63) is 76.7 Å². The summed E-state index contributed by atoms with van der Waals surface area (Å²) in [7, 11) is -1.55. The number of hydrogen-bond acceptors (Lipinski definition) is 7. The maximum atomic E-state index is 13.9. The lowest BCUT2D eigenvalue weighted by molar-refractivity contribution is 0.0154. The van der Waals surface area contributed by atoms with Crippen LogP contribution in [0.4, 0.5) is 9.59 Å². The van der Waals surface area contributed by atoms with E-state index in [1.165, 1.54) is 10.8 Å². The highest BCUT2D eigenvalue weighted by Crippen LogP contribution is 2.51. The van der Waals surface area contributed by atoms with Crippen LogP contribution in [0.5, 0.6) is 0 Å². The lowest BCUT2D eigenvalue weighted by atomic mass is 10.1. The zero-order chi connectivity index (χ0) is 27.6. The van der Waals surface area contributed by atoms with E-state index in [2.05, 4.69) is 5.32 Å². The molecule has 2 unspecified atom stereocenters. The van der Waals surface area contributed by atoms with Crippen molar-refractivity contribution < 1.29 is 28.0 Å². The first kappa shape index (κ1) is 26.9. The lowest BCUT2D eigenvalue weighted by Crippen LogP contribution is -2.47. The summed E-state index contributed by atoms with van der Waals surface area (Å²) < 4.78 is 32.4. The molecule has 1 aliphatic carbocycles. The average Bonchev–Trinajstić information content (AvgIpc) is 3.64. The molecule has 0 radical (unpaired) electrons. The number of aromatic nitrogens is 1. The van der Waals surface area contributed by atoms with Crippen LogP contribution in [0.2, 0.25) is 0 Å². The largest absolute Gasteiger partial charge is 0.510 e. The molecule has 1 aliphatic heterocycles. The number of nitrogens with zero attached hydrogens (tertiary/aromatic N) is 2. The third-order valence-corrected chi connectivity index (χ3v) is 8.73. The van der Waals surface area contributed by atoms with Crippen LogP contribution in [0.3, 0.4) is 0 Å². The van der Waals surface area contributed by atoms with Crippen LogP contribution in [0.15, 0.2) is 70.5 Å². The van der Waals surface area contributed by atoms with Gasteiger partial charge in [0.15, 0.2) is 6.73 Å². The predicted octanol–water partition coefficient (Wildman–Crippen LogP) is 4.08. The zero-order valence-electron chi connectivity index (χ0n) is 21.8. The van der Waals surface area contributed by atoms with Gasteiger partial charge in [-0.05, 0) is 56.9 Å². The van der Waals surface area contributed by atoms with Crippen molar-refractivity contribution in [3.8, 4) is 0 Å². The highest BCUT2D eigenvalue weighted by Gasteiger charge is 2.60. The molecule has 39 heavy (non-hydrogen) atoms. The minimum absolute atomic E-state index is 0.180. The summed E-state index contributed by atoms with van der Waals surface area (Å²) in [5.41, 5.74) is 0.130. The number of nitrogens with one attached hydrogen (secondary N) is 1. The molecule has 1 spiro atoms. The highest BCUT2D eigenvalue weighted by molar-refractivity contribution is 7.83. The first-order valence-corrected chi connectivity index (χ1v) is 14.0. The first-order chi connectivity index (χ1) is 18.8. The molecular formula is C28H31N3O7S. The molecule has 0 bridgehead atoms. The first-order valence-electron chi connectivity index (χ1n) is 12.9. The smallest absolute Gasteiger partial charge is 0.445 e. The molecule has 1 saturated carbocycles. The number of rotatable bonds is 8. The maximum Gasteiger partial charge on any atom is 0.510 e. The molecule has 1 aromatic heterocycles. The molecule has 1 N–H and O–H groups in total. The number of fused-ring (bicyclic) bond motifs is 1. The third kappa shape index (κ3) is 5.69. The van der Waals surface area contributed by atoms with Gasteiger partial charge in [-0.25, -0.2) is 18.1 Å². The van der Waals surface area contributed by atoms with E-state index in [-0.39, 0.29) is 31.0 Å². The van der Waals surface area contributed by atoms with Gasteiger partial charge in [-0.15, -0.1) is 0 Å². The second-order valence-electron chi connectivity index (χ2n) is 10.0. The van der Waals surface area contributed by atoms with Gasteiger partial charge in [-0.3, -0.25) is 9.36 Å². The van der Waals surface area contributed by atoms with Crippen LogP contribution in [0.1, 0.15) is 38.7 Å². The molecule has 2 aromatic carbocycles. The number of carbonyl (C=O) groups is 2. The second kappa shape index (κ2) is 11.2. The normalized spacial score (nSPS) is 18.7. The van der Waals surface area contributed by atoms with Crippen molar-refractivity contribution in [2.45, 2.75) is 69.0 Å². The van der Waals surface area contributed by atoms with E-state index in [9.17, 15) is 18.6 Å². The zero-order valence-corrected chi connectivity index (χ0v) is 22.6. The molecule has 5 rings (SSSR count). The molecule has 11 heteroatoms. The Hall–Kier alpha value is -3.70. The SMILES string of the molecule is CC(C)OC(=O)OCn1ccc2c(S(=O)N3CCC(NC(=O)OCc4ccccc4)C34CC4)cccc2c1=O. The van der Waals surface area contributed by atoms with Crippen molar-refractivity contribution in [2.24, 2.45) is 0 Å². The van der Waals surface area contributed by atoms with E-state index in [0.29, 0.717) is 28.6 Å². The predicted molar refractivity (Wildman–Crippen MR) is 144 cm³/mol. The van der Waals surface area contributed by atoms with Gasteiger partial charge in [-0.2, -0.15) is 0 Å². The van der Waals surface area contributed by atoms with Gasteiger partial charge in [0.1, 0.15) is 17.6 Å². The van der Waals surface area contributed by atoms with Gasteiger partial charge in [-0.1, -0.05) is 36.4 Å². The standard InChI is InChI=1S/C28H31N3O7S/c1-19(2)38-27(34)37-18-30-15-11-21-22(25(30)32)9-6-10-23(21)39(35)31-16-12-24(28(31)13-14-28)29-26(33)36-17-20-7-4-3-5-8-20/h3-11,15,19,24H,12-14,16-18H2,1-2H3,(H,29,33). The Labute approximate surface area is 228 Å². The number of carbonyl (C=O) groups excluding carboxylic acids is 2. The minimum atomic E-state index is -1.55. The van der Waals surface area contributed by atoms with E-state index in [4.69, 9.17) is 14.2 Å². The Morgan fingerprint density at radius 2 is 1.82 bits per heavy atom. The van der Waals surface area contributed by atoms with E-state index in [0.717, 1.165) is 18.4 Å². The van der Waals surface area contributed by atoms with E-state index in [1.807, 2.05) is 34.6 Å². The maximum absolute atomic E-state index is 13.9. The topological polar surface area (TPSA) is 116 Å². The molecule has 3 aromatic rings. The summed E-state index contributed by atoms with van der Waals surface area (Å²) in [5.74, 6) is 0. The Balaban J connectivity index is 1.28. The summed E-state index contributed by atoms with van der Waals surface area (Å²) in [6.07, 6.45) is 2.09. The molecule has 206 valence electrons. The van der Waals surface area contributed by atoms with Gasteiger partial charge in [0.2, 0.25) is 0 Å². The molecule has 2 atom stereocenters. The van der Waals surface area contributed by atoms with Crippen LogP contribution in [0, 0.1) is 0 Å². The quantitative estimate of drug-likeness (QED) is 0.418. The van der Waals surface area contributed by atoms with E-state index >= 15 is 0 Å². The number of amides is 1. The second-order valence-corrected chi connectivity index (χ2v) is 11.4. The van der Waals surface area contributed by atoms with Gasteiger partial charge < -0.3 is 19.5 Å². The average molecular weight is 554 g/mol. The molecule has 10 nitrogen and oxygen atoms in total. The fourth-order valence-electron chi connectivity index (χ4n) is 5.01. The molecule has 1 saturated heterocycles. The molecule has 2 aliphatic rings. The highest BCUT2D eigenvalue weighted by atomic mass is 32.2. The number of pyridine rings is 1. The van der Waals surface area contributed by atoms with Gasteiger partial charge in [0, 0.05) is 23.5 Å². The number of alkyl carbamates (subject to hydrolysis) is 1. The fraction of sp³-hybridized carbons (Fsp3) is 0.393. The van der Waals surface area contributed by atoms with Crippen LogP contribution >= 0.6 is 0 Å². The van der Waals surface area contributed by atoms with E-state index in [1.54, 1.807) is 38.1 Å². The van der Waals surface area contributed by atoms with Crippen molar-refractivity contribution in [1.82, 2.24) is 14.2 Å². The van der Waals surface area contributed by atoms with Gasteiger partial charge in [0.25, 0.3) is 5.56 Å². The molecule has 2 heterocycles.